The van der Waals surface area contributed by atoms with E-state index in [9.17, 15) is 5.11 Å². The van der Waals surface area contributed by atoms with Gasteiger partial charge in [-0.25, -0.2) is 0 Å². The van der Waals surface area contributed by atoms with E-state index in [2.05, 4.69) is 0 Å². The summed E-state index contributed by atoms with van der Waals surface area (Å²) in [6.45, 7) is 7.82. The highest BCUT2D eigenvalue weighted by molar-refractivity contribution is 5.47. The molecule has 13 heavy (non-hydrogen) atoms. The van der Waals surface area contributed by atoms with Crippen molar-refractivity contribution in [2.75, 3.05) is 7.11 Å². The fraction of sp³-hybridized carbons (Fsp3) is 0.455. The number of phenols is 1. The van der Waals surface area contributed by atoms with E-state index in [1.165, 1.54) is 0 Å². The van der Waals surface area contributed by atoms with Crippen molar-refractivity contribution in [3.63, 3.8) is 0 Å². The van der Waals surface area contributed by atoms with E-state index in [1.807, 2.05) is 39.8 Å². The maximum atomic E-state index is 9.40. The molecule has 0 amide bonds. The van der Waals surface area contributed by atoms with Crippen molar-refractivity contribution in [2.24, 2.45) is 0 Å². The number of hydrogen-bond donors (Lipinski definition) is 1. The minimum Gasteiger partial charge on any atom is -0.504 e. The molecule has 0 saturated carbocycles. The molecule has 2 nitrogen and oxygen atoms in total. The smallest absolute Gasteiger partial charge is 0.161 e. The Balaban J connectivity index is 0.000000671. The molecule has 0 bridgehead atoms. The molecule has 0 radical (unpaired) electrons. The van der Waals surface area contributed by atoms with E-state index in [-0.39, 0.29) is 5.75 Å². The zero-order valence-electron chi connectivity index (χ0n) is 9.01. The standard InChI is InChI=1S/C9H12O2.C2H6/c1-6-4-7(2)9(10)8(5-6)11-3;1-2/h4-5,10H,1-3H3;1-2H3. The molecule has 1 N–H and O–H groups in total. The third-order valence-electron chi connectivity index (χ3n) is 1.63. The Morgan fingerprint density at radius 3 is 2.15 bits per heavy atom. The first kappa shape index (κ1) is 11.8. The Morgan fingerprint density at radius 1 is 1.15 bits per heavy atom. The van der Waals surface area contributed by atoms with Crippen LogP contribution < -0.4 is 4.74 Å². The van der Waals surface area contributed by atoms with Crippen LogP contribution in [0.1, 0.15) is 25.0 Å². The summed E-state index contributed by atoms with van der Waals surface area (Å²) < 4.78 is 4.96. The molecule has 1 rings (SSSR count). The van der Waals surface area contributed by atoms with Crippen molar-refractivity contribution in [1.29, 1.82) is 0 Å². The summed E-state index contributed by atoms with van der Waals surface area (Å²) >= 11 is 0. The van der Waals surface area contributed by atoms with Crippen molar-refractivity contribution in [1.82, 2.24) is 0 Å². The molecule has 1 aromatic carbocycles. The van der Waals surface area contributed by atoms with Crippen molar-refractivity contribution >= 4 is 0 Å². The van der Waals surface area contributed by atoms with Gasteiger partial charge in [0.1, 0.15) is 0 Å². The maximum Gasteiger partial charge on any atom is 0.161 e. The van der Waals surface area contributed by atoms with Gasteiger partial charge in [-0.05, 0) is 31.0 Å². The van der Waals surface area contributed by atoms with Gasteiger partial charge in [0.25, 0.3) is 0 Å². The molecule has 0 aromatic heterocycles. The molecule has 74 valence electrons. The number of aromatic hydroxyl groups is 1. The van der Waals surface area contributed by atoms with E-state index >= 15 is 0 Å². The molecule has 0 aliphatic heterocycles. The van der Waals surface area contributed by atoms with Crippen LogP contribution in [0.4, 0.5) is 0 Å². The van der Waals surface area contributed by atoms with Gasteiger partial charge < -0.3 is 9.84 Å². The van der Waals surface area contributed by atoms with Gasteiger partial charge in [-0.3, -0.25) is 0 Å². The van der Waals surface area contributed by atoms with Crippen LogP contribution in [-0.4, -0.2) is 12.2 Å². The normalized spacial score (nSPS) is 8.69. The van der Waals surface area contributed by atoms with Crippen LogP contribution in [0.15, 0.2) is 12.1 Å². The maximum absolute atomic E-state index is 9.40. The van der Waals surface area contributed by atoms with Gasteiger partial charge in [0, 0.05) is 0 Å². The molecular formula is C11H18O2. The van der Waals surface area contributed by atoms with E-state index in [4.69, 9.17) is 4.74 Å². The SMILES string of the molecule is CC.COc1cc(C)cc(C)c1O. The van der Waals surface area contributed by atoms with Crippen LogP contribution in [0, 0.1) is 13.8 Å². The van der Waals surface area contributed by atoms with Crippen molar-refractivity contribution in [2.45, 2.75) is 27.7 Å². The first-order valence-corrected chi connectivity index (χ1v) is 4.49. The lowest BCUT2D eigenvalue weighted by molar-refractivity contribution is 0.371. The lowest BCUT2D eigenvalue weighted by atomic mass is 10.1. The minimum absolute atomic E-state index is 0.234. The number of aryl methyl sites for hydroxylation is 2. The molecule has 0 atom stereocenters. The number of ether oxygens (including phenoxy) is 1. The number of benzene rings is 1. The van der Waals surface area contributed by atoms with Crippen LogP contribution in [0.2, 0.25) is 0 Å². The highest BCUT2D eigenvalue weighted by Gasteiger charge is 2.03. The predicted octanol–water partition coefficient (Wildman–Crippen LogP) is 3.04. The van der Waals surface area contributed by atoms with Crippen LogP contribution in [0.25, 0.3) is 0 Å². The van der Waals surface area contributed by atoms with E-state index in [1.54, 1.807) is 7.11 Å². The molecule has 0 spiro atoms. The quantitative estimate of drug-likeness (QED) is 0.723. The Hall–Kier alpha value is -1.18. The first-order valence-electron chi connectivity index (χ1n) is 4.49. The van der Waals surface area contributed by atoms with Gasteiger partial charge >= 0.3 is 0 Å². The van der Waals surface area contributed by atoms with Gasteiger partial charge in [-0.2, -0.15) is 0 Å². The molecule has 0 saturated heterocycles. The van der Waals surface area contributed by atoms with Crippen molar-refractivity contribution in [3.8, 4) is 11.5 Å². The van der Waals surface area contributed by atoms with Gasteiger partial charge in [0.2, 0.25) is 0 Å². The topological polar surface area (TPSA) is 29.5 Å². The zero-order valence-corrected chi connectivity index (χ0v) is 9.01. The summed E-state index contributed by atoms with van der Waals surface area (Å²) in [5.74, 6) is 0.778. The predicted molar refractivity (Wildman–Crippen MR) is 55.5 cm³/mol. The molecule has 0 aliphatic rings. The van der Waals surface area contributed by atoms with E-state index < -0.39 is 0 Å². The molecule has 0 aliphatic carbocycles. The summed E-state index contributed by atoms with van der Waals surface area (Å²) in [7, 11) is 1.55. The summed E-state index contributed by atoms with van der Waals surface area (Å²) in [4.78, 5) is 0. The molecule has 0 fully saturated rings. The minimum atomic E-state index is 0.234. The fourth-order valence-electron chi connectivity index (χ4n) is 1.08. The van der Waals surface area contributed by atoms with Crippen LogP contribution in [0.3, 0.4) is 0 Å². The van der Waals surface area contributed by atoms with Gasteiger partial charge in [-0.15, -0.1) is 0 Å². The van der Waals surface area contributed by atoms with Crippen LogP contribution >= 0.6 is 0 Å². The second kappa shape index (κ2) is 5.46. The van der Waals surface area contributed by atoms with E-state index in [0.29, 0.717) is 5.75 Å². The van der Waals surface area contributed by atoms with Crippen molar-refractivity contribution < 1.29 is 9.84 Å². The average molecular weight is 182 g/mol. The van der Waals surface area contributed by atoms with Crippen molar-refractivity contribution in [3.05, 3.63) is 23.3 Å². The fourth-order valence-corrected chi connectivity index (χ4v) is 1.08. The summed E-state index contributed by atoms with van der Waals surface area (Å²) in [6, 6.07) is 3.72. The lowest BCUT2D eigenvalue weighted by Gasteiger charge is -2.06. The van der Waals surface area contributed by atoms with Gasteiger partial charge in [0.15, 0.2) is 11.5 Å². The Kier molecular flexibility index (Phi) is 4.97. The Morgan fingerprint density at radius 2 is 1.69 bits per heavy atom. The number of hydrogen-bond acceptors (Lipinski definition) is 2. The third-order valence-corrected chi connectivity index (χ3v) is 1.63. The molecule has 0 heterocycles. The van der Waals surface area contributed by atoms with Crippen LogP contribution in [-0.2, 0) is 0 Å². The average Bonchev–Trinajstić information content (AvgIpc) is 2.14. The van der Waals surface area contributed by atoms with E-state index in [0.717, 1.165) is 11.1 Å². The third kappa shape index (κ3) is 2.98. The summed E-state index contributed by atoms with van der Waals surface area (Å²) in [5.41, 5.74) is 1.94. The molecular weight excluding hydrogens is 164 g/mol. The monoisotopic (exact) mass is 182 g/mol. The second-order valence-electron chi connectivity index (χ2n) is 2.63. The number of methoxy groups -OCH3 is 1. The number of rotatable bonds is 1. The summed E-state index contributed by atoms with van der Waals surface area (Å²) in [6.07, 6.45) is 0. The van der Waals surface area contributed by atoms with Gasteiger partial charge in [-0.1, -0.05) is 19.9 Å². The van der Waals surface area contributed by atoms with Crippen LogP contribution in [0.5, 0.6) is 11.5 Å². The highest BCUT2D eigenvalue weighted by atomic mass is 16.5. The highest BCUT2D eigenvalue weighted by Crippen LogP contribution is 2.30. The molecule has 1 aromatic rings. The van der Waals surface area contributed by atoms with Gasteiger partial charge in [0.05, 0.1) is 7.11 Å². The molecule has 2 heteroatoms. The molecule has 0 unspecified atom stereocenters. The number of phenolic OH excluding ortho intramolecular Hbond substituents is 1. The Labute approximate surface area is 80.2 Å². The largest absolute Gasteiger partial charge is 0.504 e. The first-order chi connectivity index (χ1) is 6.15. The summed E-state index contributed by atoms with van der Waals surface area (Å²) in [5, 5.41) is 9.40. The lowest BCUT2D eigenvalue weighted by Crippen LogP contribution is -1.86. The Bertz CT molecular complexity index is 267. The zero-order chi connectivity index (χ0) is 10.4. The second-order valence-corrected chi connectivity index (χ2v) is 2.63.